The number of fused-ring (bicyclic) bond motifs is 2. The van der Waals surface area contributed by atoms with Crippen molar-refractivity contribution in [2.24, 2.45) is 5.73 Å². The molecule has 0 aromatic carbocycles. The van der Waals surface area contributed by atoms with E-state index in [4.69, 9.17) is 20.7 Å². The molecular formula is C12H14N5O7P. The van der Waals surface area contributed by atoms with Crippen LogP contribution in [-0.2, 0) is 18.3 Å². The van der Waals surface area contributed by atoms with Gasteiger partial charge in [0.15, 0.2) is 6.23 Å². The summed E-state index contributed by atoms with van der Waals surface area (Å²) in [6, 6.07) is 0. The van der Waals surface area contributed by atoms with Crippen molar-refractivity contribution in [2.75, 3.05) is 12.3 Å². The number of carbonyl (C=O) groups is 1. The number of carbonyl (C=O) groups excluding carboxylic acids is 1. The topological polar surface area (TPSA) is 185 Å². The Bertz CT molecular complexity index is 917. The van der Waals surface area contributed by atoms with Gasteiger partial charge in [-0.1, -0.05) is 0 Å². The summed E-state index contributed by atoms with van der Waals surface area (Å²) < 4.78 is 28.2. The molecule has 2 aliphatic rings. The molecule has 2 saturated heterocycles. The van der Waals surface area contributed by atoms with E-state index in [0.29, 0.717) is 0 Å². The van der Waals surface area contributed by atoms with E-state index in [0.717, 1.165) is 0 Å². The molecule has 0 bridgehead atoms. The predicted molar refractivity (Wildman–Crippen MR) is 81.0 cm³/mol. The molecule has 2 aromatic heterocycles. The van der Waals surface area contributed by atoms with Crippen LogP contribution in [-0.4, -0.2) is 55.4 Å². The Kier molecular flexibility index (Phi) is 3.58. The lowest BCUT2D eigenvalue weighted by Gasteiger charge is -2.27. The first-order valence-electron chi connectivity index (χ1n) is 7.18. The van der Waals surface area contributed by atoms with E-state index in [-0.39, 0.29) is 29.0 Å². The molecule has 6 N–H and O–H groups in total. The van der Waals surface area contributed by atoms with E-state index in [1.807, 2.05) is 0 Å². The van der Waals surface area contributed by atoms with Crippen molar-refractivity contribution in [3.05, 3.63) is 18.1 Å². The Morgan fingerprint density at radius 2 is 2.20 bits per heavy atom. The van der Waals surface area contributed by atoms with Gasteiger partial charge in [-0.25, -0.2) is 14.5 Å². The lowest BCUT2D eigenvalue weighted by Crippen LogP contribution is -2.39. The molecular weight excluding hydrogens is 357 g/mol. The first-order chi connectivity index (χ1) is 11.8. The maximum Gasteiger partial charge on any atom is 0.472 e. The molecule has 2 fully saturated rings. The van der Waals surface area contributed by atoms with E-state index >= 15 is 0 Å². The van der Waals surface area contributed by atoms with Gasteiger partial charge < -0.3 is 30.8 Å². The number of aliphatic hydroxyl groups is 1. The fraction of sp³-hybridized carbons (Fsp3) is 0.417. The van der Waals surface area contributed by atoms with Gasteiger partial charge in [-0.2, -0.15) is 0 Å². The Balaban J connectivity index is 1.80. The zero-order valence-corrected chi connectivity index (χ0v) is 13.4. The van der Waals surface area contributed by atoms with Crippen LogP contribution in [0.15, 0.2) is 12.5 Å². The van der Waals surface area contributed by atoms with Crippen molar-refractivity contribution >= 4 is 30.6 Å². The van der Waals surface area contributed by atoms with E-state index in [9.17, 15) is 19.4 Å². The standard InChI is InChI=1S/C12H14N5O7P/c13-9-6-4(10(14)19)1-17(11(6)16-3-15-9)12-7(18)8-5(23-12)2-22-25(20,21)24-8/h1,3,5,7-8,12,18H,2H2,(H2,14,19)(H,20,21)(H2,13,15,16)/t5-,7-,8-,12-/m1/s1. The zero-order chi connectivity index (χ0) is 17.9. The Morgan fingerprint density at radius 3 is 2.92 bits per heavy atom. The van der Waals surface area contributed by atoms with Crippen LogP contribution in [0.5, 0.6) is 0 Å². The third kappa shape index (κ3) is 2.51. The molecule has 0 saturated carbocycles. The summed E-state index contributed by atoms with van der Waals surface area (Å²) in [4.78, 5) is 29.0. The first kappa shape index (κ1) is 16.4. The molecule has 0 aliphatic carbocycles. The molecule has 1 unspecified atom stereocenters. The fourth-order valence-corrected chi connectivity index (χ4v) is 4.02. The smallest absolute Gasteiger partial charge is 0.386 e. The minimum atomic E-state index is -4.25. The Morgan fingerprint density at radius 1 is 1.44 bits per heavy atom. The molecule has 134 valence electrons. The molecule has 0 radical (unpaired) electrons. The van der Waals surface area contributed by atoms with E-state index in [1.54, 1.807) is 0 Å². The fourth-order valence-electron chi connectivity index (χ4n) is 3.05. The Hall–Kier alpha value is -2.08. The maximum absolute atomic E-state index is 11.7. The van der Waals surface area contributed by atoms with E-state index in [1.165, 1.54) is 17.1 Å². The van der Waals surface area contributed by atoms with Crippen molar-refractivity contribution in [1.82, 2.24) is 14.5 Å². The van der Waals surface area contributed by atoms with Crippen molar-refractivity contribution in [2.45, 2.75) is 24.5 Å². The molecule has 1 amide bonds. The number of nitrogen functional groups attached to an aromatic ring is 1. The third-order valence-electron chi connectivity index (χ3n) is 4.14. The van der Waals surface area contributed by atoms with Gasteiger partial charge in [0.1, 0.15) is 36.1 Å². The number of aromatic nitrogens is 3. The molecule has 13 heteroatoms. The number of ether oxygens (including phenoxy) is 1. The third-order valence-corrected chi connectivity index (χ3v) is 5.13. The lowest BCUT2D eigenvalue weighted by molar-refractivity contribution is -0.0663. The van der Waals surface area contributed by atoms with Gasteiger partial charge in [-0.3, -0.25) is 13.8 Å². The van der Waals surface area contributed by atoms with Crippen molar-refractivity contribution in [1.29, 1.82) is 0 Å². The Labute approximate surface area is 139 Å². The minimum absolute atomic E-state index is 0.0434. The second-order valence-corrected chi connectivity index (χ2v) is 7.07. The highest BCUT2D eigenvalue weighted by Crippen LogP contribution is 2.52. The maximum atomic E-state index is 11.7. The van der Waals surface area contributed by atoms with Gasteiger partial charge in [0, 0.05) is 6.20 Å². The van der Waals surface area contributed by atoms with Crippen LogP contribution in [0.3, 0.4) is 0 Å². The van der Waals surface area contributed by atoms with Crippen molar-refractivity contribution < 1.29 is 33.1 Å². The number of anilines is 1. The number of nitrogens with zero attached hydrogens (tertiary/aromatic N) is 3. The summed E-state index contributed by atoms with van der Waals surface area (Å²) >= 11 is 0. The number of hydrogen-bond acceptors (Lipinski definition) is 9. The number of aliphatic hydroxyl groups excluding tert-OH is 1. The number of phosphoric acid groups is 1. The van der Waals surface area contributed by atoms with Crippen LogP contribution >= 0.6 is 7.82 Å². The molecule has 0 spiro atoms. The summed E-state index contributed by atoms with van der Waals surface area (Å²) in [5.41, 5.74) is 11.4. The number of rotatable bonds is 2. The van der Waals surface area contributed by atoms with Crippen molar-refractivity contribution in [3.8, 4) is 0 Å². The van der Waals surface area contributed by atoms with Crippen LogP contribution in [0.2, 0.25) is 0 Å². The minimum Gasteiger partial charge on any atom is -0.386 e. The predicted octanol–water partition coefficient (Wildman–Crippen LogP) is -1.11. The van der Waals surface area contributed by atoms with Crippen LogP contribution in [0.1, 0.15) is 16.6 Å². The van der Waals surface area contributed by atoms with Crippen LogP contribution < -0.4 is 11.5 Å². The van der Waals surface area contributed by atoms with Crippen LogP contribution in [0.4, 0.5) is 5.82 Å². The van der Waals surface area contributed by atoms with E-state index in [2.05, 4.69) is 14.5 Å². The number of phosphoric ester groups is 1. The number of nitrogens with two attached hydrogens (primary N) is 2. The van der Waals surface area contributed by atoms with E-state index < -0.39 is 38.3 Å². The summed E-state index contributed by atoms with van der Waals surface area (Å²) in [5.74, 6) is -0.712. The highest BCUT2D eigenvalue weighted by molar-refractivity contribution is 7.47. The van der Waals surface area contributed by atoms with Crippen molar-refractivity contribution in [3.63, 3.8) is 0 Å². The summed E-state index contributed by atoms with van der Waals surface area (Å²) in [5, 5.41) is 10.7. The second-order valence-electron chi connectivity index (χ2n) is 5.66. The van der Waals surface area contributed by atoms with Gasteiger partial charge in [-0.15, -0.1) is 0 Å². The monoisotopic (exact) mass is 371 g/mol. The number of primary amides is 1. The number of hydrogen-bond donors (Lipinski definition) is 4. The summed E-state index contributed by atoms with van der Waals surface area (Å²) in [7, 11) is -4.25. The van der Waals surface area contributed by atoms with Gasteiger partial charge in [-0.05, 0) is 0 Å². The average Bonchev–Trinajstić information content (AvgIpc) is 3.07. The summed E-state index contributed by atoms with van der Waals surface area (Å²) in [6.07, 6.45) is -1.70. The second kappa shape index (κ2) is 5.46. The van der Waals surface area contributed by atoms with Gasteiger partial charge in [0.2, 0.25) is 0 Å². The normalized spacial score (nSPS) is 35.0. The molecule has 4 heterocycles. The molecule has 25 heavy (non-hydrogen) atoms. The van der Waals surface area contributed by atoms with Crippen LogP contribution in [0, 0.1) is 0 Å². The highest BCUT2D eigenvalue weighted by atomic mass is 31.2. The molecule has 5 atom stereocenters. The van der Waals surface area contributed by atoms with Gasteiger partial charge in [0.25, 0.3) is 5.91 Å². The first-order valence-corrected chi connectivity index (χ1v) is 8.68. The highest BCUT2D eigenvalue weighted by Gasteiger charge is 2.52. The quantitative estimate of drug-likeness (QED) is 0.471. The average molecular weight is 371 g/mol. The van der Waals surface area contributed by atoms with Gasteiger partial charge in [0.05, 0.1) is 17.6 Å². The molecule has 2 aromatic rings. The van der Waals surface area contributed by atoms with Gasteiger partial charge >= 0.3 is 7.82 Å². The molecule has 12 nitrogen and oxygen atoms in total. The number of amides is 1. The zero-order valence-electron chi connectivity index (χ0n) is 12.6. The molecule has 4 rings (SSSR count). The SMILES string of the molecule is NC(=O)c1cn([C@@H]2O[C@@H]3COP(=O)(O)O[C@H]3[C@H]2O)c2ncnc(N)c12. The largest absolute Gasteiger partial charge is 0.472 e. The molecule has 2 aliphatic heterocycles. The lowest BCUT2D eigenvalue weighted by atomic mass is 10.1. The summed E-state index contributed by atoms with van der Waals surface area (Å²) in [6.45, 7) is -0.231. The van der Waals surface area contributed by atoms with Crippen LogP contribution in [0.25, 0.3) is 11.0 Å².